The van der Waals surface area contributed by atoms with E-state index in [9.17, 15) is 9.59 Å². The van der Waals surface area contributed by atoms with Crippen LogP contribution < -0.4 is 5.32 Å². The molecule has 1 aliphatic rings. The molecule has 1 aromatic heterocycles. The molecule has 1 saturated carbocycles. The molecular formula is C16H18N4O3. The van der Waals surface area contributed by atoms with Crippen molar-refractivity contribution >= 4 is 11.9 Å². The van der Waals surface area contributed by atoms with Gasteiger partial charge in [-0.05, 0) is 24.8 Å². The first-order valence-electron chi connectivity index (χ1n) is 7.59. The number of aromatic nitrogens is 3. The van der Waals surface area contributed by atoms with E-state index in [0.717, 1.165) is 5.56 Å². The summed E-state index contributed by atoms with van der Waals surface area (Å²) in [6, 6.07) is 9.67. The Bertz CT molecular complexity index is 698. The van der Waals surface area contributed by atoms with E-state index in [4.69, 9.17) is 5.11 Å². The monoisotopic (exact) mass is 314 g/mol. The zero-order valence-electron chi connectivity index (χ0n) is 12.6. The number of hydrogen-bond donors (Lipinski definition) is 2. The van der Waals surface area contributed by atoms with Gasteiger partial charge in [0.15, 0.2) is 5.69 Å². The fourth-order valence-corrected chi connectivity index (χ4v) is 2.85. The van der Waals surface area contributed by atoms with Gasteiger partial charge in [0.2, 0.25) is 0 Å². The van der Waals surface area contributed by atoms with E-state index in [-0.39, 0.29) is 23.6 Å². The van der Waals surface area contributed by atoms with Crippen LogP contribution in [0.25, 0.3) is 0 Å². The minimum atomic E-state index is -0.796. The quantitative estimate of drug-likeness (QED) is 0.867. The molecular weight excluding hydrogens is 296 g/mol. The van der Waals surface area contributed by atoms with Crippen LogP contribution in [0.4, 0.5) is 0 Å². The summed E-state index contributed by atoms with van der Waals surface area (Å²) in [4.78, 5) is 23.1. The summed E-state index contributed by atoms with van der Waals surface area (Å²) >= 11 is 0. The Balaban J connectivity index is 1.57. The fourth-order valence-electron chi connectivity index (χ4n) is 2.85. The fraction of sp³-hybridized carbons (Fsp3) is 0.375. The number of carbonyl (C=O) groups is 2. The molecule has 2 N–H and O–H groups in total. The van der Waals surface area contributed by atoms with Gasteiger partial charge in [0.1, 0.15) is 0 Å². The second-order valence-corrected chi connectivity index (χ2v) is 5.81. The van der Waals surface area contributed by atoms with Crippen LogP contribution in [0.3, 0.4) is 0 Å². The molecule has 0 bridgehead atoms. The Morgan fingerprint density at radius 3 is 2.74 bits per heavy atom. The van der Waals surface area contributed by atoms with Gasteiger partial charge < -0.3 is 10.4 Å². The SMILES string of the molecule is O=C(N[C@H]1CC[C@@H](C(=O)O)C1)c1cn(Cc2ccccc2)nn1. The maximum Gasteiger partial charge on any atom is 0.306 e. The lowest BCUT2D eigenvalue weighted by Gasteiger charge is -2.10. The van der Waals surface area contributed by atoms with Crippen LogP contribution in [0.5, 0.6) is 0 Å². The van der Waals surface area contributed by atoms with Crippen molar-refractivity contribution in [3.8, 4) is 0 Å². The standard InChI is InChI=1S/C16H18N4O3/c21-15(17-13-7-6-12(8-13)16(22)23)14-10-20(19-18-14)9-11-4-2-1-3-5-11/h1-5,10,12-13H,6-9H2,(H,17,21)(H,22,23)/t12-,13+/m1/s1. The number of carboxylic acid groups (broad SMARTS) is 1. The number of aliphatic carboxylic acids is 1. The summed E-state index contributed by atoms with van der Waals surface area (Å²) in [7, 11) is 0. The Labute approximate surface area is 133 Å². The van der Waals surface area contributed by atoms with Gasteiger partial charge in [0.25, 0.3) is 5.91 Å². The lowest BCUT2D eigenvalue weighted by atomic mass is 10.1. The van der Waals surface area contributed by atoms with Crippen LogP contribution in [0.1, 0.15) is 35.3 Å². The second-order valence-electron chi connectivity index (χ2n) is 5.81. The third-order valence-electron chi connectivity index (χ3n) is 4.08. The molecule has 1 heterocycles. The number of carbonyl (C=O) groups excluding carboxylic acids is 1. The van der Waals surface area contributed by atoms with E-state index < -0.39 is 5.97 Å². The number of benzene rings is 1. The van der Waals surface area contributed by atoms with Crippen LogP contribution in [0.2, 0.25) is 0 Å². The zero-order chi connectivity index (χ0) is 16.2. The van der Waals surface area contributed by atoms with Crippen LogP contribution in [-0.4, -0.2) is 38.0 Å². The molecule has 2 atom stereocenters. The van der Waals surface area contributed by atoms with Crippen LogP contribution in [-0.2, 0) is 11.3 Å². The predicted octanol–water partition coefficient (Wildman–Crippen LogP) is 1.31. The minimum Gasteiger partial charge on any atom is -0.481 e. The molecule has 0 saturated heterocycles. The third kappa shape index (κ3) is 3.74. The Kier molecular flexibility index (Phi) is 4.36. The topological polar surface area (TPSA) is 97.1 Å². The highest BCUT2D eigenvalue weighted by Crippen LogP contribution is 2.25. The third-order valence-corrected chi connectivity index (χ3v) is 4.08. The molecule has 2 aromatic rings. The molecule has 23 heavy (non-hydrogen) atoms. The van der Waals surface area contributed by atoms with Crippen LogP contribution in [0.15, 0.2) is 36.5 Å². The second kappa shape index (κ2) is 6.60. The van der Waals surface area contributed by atoms with Gasteiger partial charge in [-0.3, -0.25) is 9.59 Å². The average molecular weight is 314 g/mol. The van der Waals surface area contributed by atoms with Crippen molar-refractivity contribution in [2.45, 2.75) is 31.8 Å². The van der Waals surface area contributed by atoms with Crippen molar-refractivity contribution in [3.63, 3.8) is 0 Å². The molecule has 0 aliphatic heterocycles. The van der Waals surface area contributed by atoms with Gasteiger partial charge in [0, 0.05) is 6.04 Å². The molecule has 7 nitrogen and oxygen atoms in total. The molecule has 0 spiro atoms. The number of carboxylic acids is 1. The van der Waals surface area contributed by atoms with Gasteiger partial charge in [0.05, 0.1) is 18.7 Å². The van der Waals surface area contributed by atoms with Crippen molar-refractivity contribution in [3.05, 3.63) is 47.8 Å². The first kappa shape index (κ1) is 15.2. The molecule has 1 aliphatic carbocycles. The summed E-state index contributed by atoms with van der Waals surface area (Å²) in [6.07, 6.45) is 3.35. The number of hydrogen-bond acceptors (Lipinski definition) is 4. The number of nitrogens with one attached hydrogen (secondary N) is 1. The molecule has 120 valence electrons. The molecule has 7 heteroatoms. The first-order chi connectivity index (χ1) is 11.1. The maximum atomic E-state index is 12.2. The smallest absolute Gasteiger partial charge is 0.306 e. The normalized spacial score (nSPS) is 20.3. The van der Waals surface area contributed by atoms with Crippen molar-refractivity contribution in [1.29, 1.82) is 0 Å². The van der Waals surface area contributed by atoms with Crippen molar-refractivity contribution in [1.82, 2.24) is 20.3 Å². The first-order valence-corrected chi connectivity index (χ1v) is 7.59. The summed E-state index contributed by atoms with van der Waals surface area (Å²) in [6.45, 7) is 0.547. The lowest BCUT2D eigenvalue weighted by molar-refractivity contribution is -0.141. The van der Waals surface area contributed by atoms with E-state index >= 15 is 0 Å². The van der Waals surface area contributed by atoms with E-state index in [1.165, 1.54) is 0 Å². The van der Waals surface area contributed by atoms with E-state index in [1.807, 2.05) is 30.3 Å². The Morgan fingerprint density at radius 1 is 1.26 bits per heavy atom. The van der Waals surface area contributed by atoms with Crippen LogP contribution in [0, 0.1) is 5.92 Å². The van der Waals surface area contributed by atoms with Crippen LogP contribution >= 0.6 is 0 Å². The highest BCUT2D eigenvalue weighted by Gasteiger charge is 2.31. The molecule has 3 rings (SSSR count). The Morgan fingerprint density at radius 2 is 2.04 bits per heavy atom. The lowest BCUT2D eigenvalue weighted by Crippen LogP contribution is -2.33. The molecule has 1 amide bonds. The maximum absolute atomic E-state index is 12.2. The summed E-state index contributed by atoms with van der Waals surface area (Å²) in [5.41, 5.74) is 1.32. The summed E-state index contributed by atoms with van der Waals surface area (Å²) in [5, 5.41) is 19.7. The van der Waals surface area contributed by atoms with Gasteiger partial charge >= 0.3 is 5.97 Å². The van der Waals surface area contributed by atoms with E-state index in [0.29, 0.717) is 25.8 Å². The zero-order valence-corrected chi connectivity index (χ0v) is 12.6. The van der Waals surface area contributed by atoms with Crippen molar-refractivity contribution in [2.75, 3.05) is 0 Å². The number of rotatable bonds is 5. The highest BCUT2D eigenvalue weighted by molar-refractivity contribution is 5.92. The Hall–Kier alpha value is -2.70. The van der Waals surface area contributed by atoms with E-state index in [2.05, 4.69) is 15.6 Å². The number of nitrogens with zero attached hydrogens (tertiary/aromatic N) is 3. The van der Waals surface area contributed by atoms with Gasteiger partial charge in [-0.2, -0.15) is 0 Å². The number of amides is 1. The van der Waals surface area contributed by atoms with Gasteiger partial charge in [-0.1, -0.05) is 35.5 Å². The summed E-state index contributed by atoms with van der Waals surface area (Å²) in [5.74, 6) is -1.47. The van der Waals surface area contributed by atoms with Gasteiger partial charge in [-0.25, -0.2) is 4.68 Å². The van der Waals surface area contributed by atoms with Crippen molar-refractivity contribution < 1.29 is 14.7 Å². The average Bonchev–Trinajstić information content (AvgIpc) is 3.18. The molecule has 1 aromatic carbocycles. The minimum absolute atomic E-state index is 0.108. The molecule has 1 fully saturated rings. The largest absolute Gasteiger partial charge is 0.481 e. The van der Waals surface area contributed by atoms with E-state index in [1.54, 1.807) is 10.9 Å². The molecule has 0 radical (unpaired) electrons. The highest BCUT2D eigenvalue weighted by atomic mass is 16.4. The summed E-state index contributed by atoms with van der Waals surface area (Å²) < 4.78 is 1.61. The molecule has 0 unspecified atom stereocenters. The predicted molar refractivity (Wildman–Crippen MR) is 81.8 cm³/mol. The van der Waals surface area contributed by atoms with Gasteiger partial charge in [-0.15, -0.1) is 5.10 Å². The van der Waals surface area contributed by atoms with Crippen molar-refractivity contribution in [2.24, 2.45) is 5.92 Å².